The van der Waals surface area contributed by atoms with Gasteiger partial charge in [0.1, 0.15) is 17.2 Å². The number of nitrogens with zero attached hydrogens (tertiary/aromatic N) is 3. The molecule has 0 radical (unpaired) electrons. The van der Waals surface area contributed by atoms with E-state index >= 15 is 0 Å². The molecule has 0 saturated carbocycles. The number of hydrogen-bond acceptors (Lipinski definition) is 2. The number of benzene rings is 3. The second kappa shape index (κ2) is 20.2. The molecule has 3 aromatic rings. The van der Waals surface area contributed by atoms with Crippen LogP contribution in [0.15, 0.2) is 78.9 Å². The predicted octanol–water partition coefficient (Wildman–Crippen LogP) is 7.46. The van der Waals surface area contributed by atoms with Gasteiger partial charge in [0.2, 0.25) is 5.96 Å². The Balaban J connectivity index is 0.000000771. The largest absolute Gasteiger partial charge is 2.00 e. The summed E-state index contributed by atoms with van der Waals surface area (Å²) >= 11 is 0. The van der Waals surface area contributed by atoms with Gasteiger partial charge in [0.25, 0.3) is 0 Å². The van der Waals surface area contributed by atoms with E-state index in [0.717, 1.165) is 41.9 Å². The molecule has 41 heavy (non-hydrogen) atoms. The average molecular weight is 620 g/mol. The summed E-state index contributed by atoms with van der Waals surface area (Å²) in [5, 5.41) is 4.79. The Bertz CT molecular complexity index is 1130. The van der Waals surface area contributed by atoms with Crippen molar-refractivity contribution < 1.29 is 14.5 Å². The van der Waals surface area contributed by atoms with Gasteiger partial charge in [-0.05, 0) is 45.0 Å². The van der Waals surface area contributed by atoms with E-state index in [4.69, 9.17) is 19.4 Å². The molecule has 0 aliphatic heterocycles. The van der Waals surface area contributed by atoms with Gasteiger partial charge in [-0.2, -0.15) is 0 Å². The number of guanidine groups is 1. The second-order valence-electron chi connectivity index (χ2n) is 11.2. The first-order valence-corrected chi connectivity index (χ1v) is 20.8. The number of nitrogens with one attached hydrogen (secondary N) is 1. The van der Waals surface area contributed by atoms with Crippen LogP contribution in [-0.2, 0) is 0 Å². The summed E-state index contributed by atoms with van der Waals surface area (Å²) in [5.41, 5.74) is 2.98. The molecule has 220 valence electrons. The SMILES string of the molecule is CCN(CC)C([N-]c1ccccc1OC)=[NH+]c1ccccc1OC.C[Si](C)(C)[N-][Si](C)(C)C.Cc1ccccc1.[Ca+2]. The minimum absolute atomic E-state index is 0. The van der Waals surface area contributed by atoms with Gasteiger partial charge in [0, 0.05) is 13.1 Å². The normalized spacial score (nSPS) is 11.0. The third kappa shape index (κ3) is 17.0. The fourth-order valence-electron chi connectivity index (χ4n) is 3.95. The maximum absolute atomic E-state index is 5.43. The topological polar surface area (TPSA) is 63.9 Å². The maximum Gasteiger partial charge on any atom is 2.00 e. The predicted molar refractivity (Wildman–Crippen MR) is 185 cm³/mol. The van der Waals surface area contributed by atoms with Crippen LogP contribution in [0, 0.1) is 6.92 Å². The first-order chi connectivity index (χ1) is 18.8. The van der Waals surface area contributed by atoms with E-state index in [1.54, 1.807) is 14.2 Å². The van der Waals surface area contributed by atoms with E-state index < -0.39 is 16.5 Å². The zero-order valence-electron chi connectivity index (χ0n) is 27.3. The first-order valence-electron chi connectivity index (χ1n) is 14.0. The number of rotatable bonds is 8. The monoisotopic (exact) mass is 619 g/mol. The van der Waals surface area contributed by atoms with Gasteiger partial charge in [0.05, 0.1) is 19.9 Å². The third-order valence-electron chi connectivity index (χ3n) is 5.34. The van der Waals surface area contributed by atoms with Gasteiger partial charge in [-0.15, -0.1) is 0 Å². The van der Waals surface area contributed by atoms with E-state index in [1.807, 2.05) is 66.7 Å². The molecule has 0 fully saturated rings. The van der Waals surface area contributed by atoms with Crippen molar-refractivity contribution in [3.63, 3.8) is 0 Å². The molecular weight excluding hydrogens is 569 g/mol. The van der Waals surface area contributed by atoms with Gasteiger partial charge in [-0.25, -0.2) is 5.32 Å². The standard InChI is InChI=1S/C19H24N3O2.C7H8.C6H18NSi2.Ca/c1-5-22(6-2)19(20-15-11-7-9-13-17(15)23-3)21-16-12-8-10-14-18(16)24-4;1-7-5-3-2-4-6-7;1-8(2,3)7-9(4,5)6;/h7-14H,5-6H2,1-4H3;2-6H,1H3;1-6H3;/q-1;;-1;+2/p+1. The molecule has 0 amide bonds. The van der Waals surface area contributed by atoms with Crippen molar-refractivity contribution in [1.82, 2.24) is 4.90 Å². The first kappa shape index (κ1) is 39.2. The Morgan fingerprint density at radius 2 is 1.17 bits per heavy atom. The van der Waals surface area contributed by atoms with E-state index in [0.29, 0.717) is 0 Å². The fraction of sp³-hybridized carbons (Fsp3) is 0.406. The van der Waals surface area contributed by atoms with E-state index in [2.05, 4.69) is 82.1 Å². The van der Waals surface area contributed by atoms with Crippen LogP contribution in [0.25, 0.3) is 9.96 Å². The zero-order chi connectivity index (χ0) is 30.2. The summed E-state index contributed by atoms with van der Waals surface area (Å²) in [6.45, 7) is 21.7. The van der Waals surface area contributed by atoms with Crippen LogP contribution in [0.2, 0.25) is 39.3 Å². The van der Waals surface area contributed by atoms with E-state index in [1.165, 1.54) is 5.56 Å². The van der Waals surface area contributed by atoms with Crippen LogP contribution in [0.3, 0.4) is 0 Å². The summed E-state index contributed by atoms with van der Waals surface area (Å²) in [7, 11) is 1.10. The Morgan fingerprint density at radius 3 is 1.59 bits per heavy atom. The van der Waals surface area contributed by atoms with Gasteiger partial charge >= 0.3 is 37.7 Å². The quantitative estimate of drug-likeness (QED) is 0.162. The summed E-state index contributed by atoms with van der Waals surface area (Å²) in [4.78, 5) is 5.55. The summed E-state index contributed by atoms with van der Waals surface area (Å²) in [6, 6.07) is 25.8. The van der Waals surface area contributed by atoms with Crippen LogP contribution in [0.4, 0.5) is 11.4 Å². The minimum Gasteiger partial charge on any atom is -0.668 e. The van der Waals surface area contributed by atoms with E-state index in [-0.39, 0.29) is 37.7 Å². The van der Waals surface area contributed by atoms with Gasteiger partial charge in [-0.3, -0.25) is 0 Å². The number of aryl methyl sites for hydroxylation is 1. The number of hydrogen-bond donors (Lipinski definition) is 1. The third-order valence-corrected chi connectivity index (χ3v) is 10.7. The average Bonchev–Trinajstić information content (AvgIpc) is 2.89. The van der Waals surface area contributed by atoms with Crippen LogP contribution in [0.1, 0.15) is 19.4 Å². The number of methoxy groups -OCH3 is 2. The van der Waals surface area contributed by atoms with Crippen molar-refractivity contribution in [1.29, 1.82) is 0 Å². The van der Waals surface area contributed by atoms with Crippen molar-refractivity contribution in [3.8, 4) is 11.5 Å². The van der Waals surface area contributed by atoms with Crippen molar-refractivity contribution in [2.24, 2.45) is 0 Å². The second-order valence-corrected chi connectivity index (χ2v) is 20.8. The molecule has 3 rings (SSSR count). The summed E-state index contributed by atoms with van der Waals surface area (Å²) in [5.74, 6) is 2.27. The summed E-state index contributed by atoms with van der Waals surface area (Å²) in [6.07, 6.45) is 0. The molecular formula is C32H51CaN4O2Si2+. The molecule has 0 atom stereocenters. The van der Waals surface area contributed by atoms with Gasteiger partial charge < -0.3 is 24.0 Å². The number of ether oxygens (including phenoxy) is 2. The Morgan fingerprint density at radius 1 is 0.707 bits per heavy atom. The van der Waals surface area contributed by atoms with Crippen molar-refractivity contribution in [2.45, 2.75) is 60.1 Å². The zero-order valence-corrected chi connectivity index (χ0v) is 31.5. The van der Waals surface area contributed by atoms with E-state index in [9.17, 15) is 0 Å². The molecule has 0 aliphatic rings. The molecule has 0 saturated heterocycles. The van der Waals surface area contributed by atoms with Crippen LogP contribution in [0.5, 0.6) is 11.5 Å². The van der Waals surface area contributed by atoms with Crippen LogP contribution < -0.4 is 14.5 Å². The van der Waals surface area contributed by atoms with Crippen LogP contribution >= 0.6 is 0 Å². The Hall–Kier alpha value is -1.82. The molecule has 6 nitrogen and oxygen atoms in total. The molecule has 9 heteroatoms. The van der Waals surface area contributed by atoms with Crippen molar-refractivity contribution in [2.75, 3.05) is 27.3 Å². The maximum atomic E-state index is 5.43. The molecule has 0 spiro atoms. The molecule has 0 unspecified atom stereocenters. The fourth-order valence-corrected chi connectivity index (χ4v) is 12.0. The number of para-hydroxylation sites is 4. The molecule has 3 aromatic carbocycles. The molecule has 0 bridgehead atoms. The Labute approximate surface area is 282 Å². The smallest absolute Gasteiger partial charge is 0.668 e. The van der Waals surface area contributed by atoms with Crippen molar-refractivity contribution >= 4 is 71.5 Å². The van der Waals surface area contributed by atoms with Crippen LogP contribution in [-0.4, -0.2) is 92.4 Å². The minimum atomic E-state index is -1.11. The summed E-state index contributed by atoms with van der Waals surface area (Å²) < 4.78 is 15.7. The molecule has 0 aliphatic carbocycles. The Kier molecular flexibility index (Phi) is 19.3. The molecule has 0 aromatic heterocycles. The van der Waals surface area contributed by atoms with Gasteiger partial charge in [0.15, 0.2) is 0 Å². The molecule has 1 N–H and O–H groups in total. The van der Waals surface area contributed by atoms with Crippen molar-refractivity contribution in [3.05, 3.63) is 94.4 Å². The molecule has 0 heterocycles. The van der Waals surface area contributed by atoms with Gasteiger partial charge in [-0.1, -0.05) is 116 Å².